The predicted octanol–water partition coefficient (Wildman–Crippen LogP) is 3.14. The van der Waals surface area contributed by atoms with Gasteiger partial charge in [0, 0.05) is 17.8 Å². The lowest BCUT2D eigenvalue weighted by Gasteiger charge is -2.22. The molecule has 0 saturated carbocycles. The Labute approximate surface area is 99.5 Å². The van der Waals surface area contributed by atoms with E-state index in [2.05, 4.69) is 29.4 Å². The maximum Gasteiger partial charge on any atom is 0.0435 e. The Hall–Kier alpha value is -0.890. The molecule has 1 saturated heterocycles. The van der Waals surface area contributed by atoms with Crippen LogP contribution in [-0.4, -0.2) is 18.1 Å². The van der Waals surface area contributed by atoms with Crippen molar-refractivity contribution in [2.24, 2.45) is 0 Å². The standard InChI is InChI=1S/C12H18N2.C2H6/c1-2-10-3-4-12(14-9-10)11-5-7-13-8-6-11;1-2/h3-4,9,11,13H,2,5-8H2,1H3;1-2H3. The lowest BCUT2D eigenvalue weighted by atomic mass is 9.94. The zero-order chi connectivity index (χ0) is 11.8. The number of hydrogen-bond acceptors (Lipinski definition) is 2. The van der Waals surface area contributed by atoms with Gasteiger partial charge >= 0.3 is 0 Å². The Kier molecular flexibility index (Phi) is 6.09. The highest BCUT2D eigenvalue weighted by Crippen LogP contribution is 2.23. The van der Waals surface area contributed by atoms with Crippen LogP contribution in [0.15, 0.2) is 18.3 Å². The number of rotatable bonds is 2. The van der Waals surface area contributed by atoms with Crippen LogP contribution in [-0.2, 0) is 6.42 Å². The second-order valence-electron chi connectivity index (χ2n) is 3.97. The molecule has 0 aromatic carbocycles. The molecule has 0 atom stereocenters. The van der Waals surface area contributed by atoms with Gasteiger partial charge in [-0.25, -0.2) is 0 Å². The molecule has 1 N–H and O–H groups in total. The quantitative estimate of drug-likeness (QED) is 0.828. The summed E-state index contributed by atoms with van der Waals surface area (Å²) in [5.41, 5.74) is 2.62. The van der Waals surface area contributed by atoms with Crippen molar-refractivity contribution in [3.63, 3.8) is 0 Å². The number of pyridine rings is 1. The Morgan fingerprint density at radius 3 is 2.44 bits per heavy atom. The largest absolute Gasteiger partial charge is 0.317 e. The van der Waals surface area contributed by atoms with E-state index in [-0.39, 0.29) is 0 Å². The number of piperidine rings is 1. The van der Waals surface area contributed by atoms with Crippen LogP contribution in [0.4, 0.5) is 0 Å². The molecule has 0 bridgehead atoms. The van der Waals surface area contributed by atoms with E-state index in [0.717, 1.165) is 19.5 Å². The first-order chi connectivity index (χ1) is 7.90. The number of nitrogens with one attached hydrogen (secondary N) is 1. The van der Waals surface area contributed by atoms with E-state index in [0.29, 0.717) is 5.92 Å². The Morgan fingerprint density at radius 1 is 1.25 bits per heavy atom. The monoisotopic (exact) mass is 220 g/mol. The van der Waals surface area contributed by atoms with Gasteiger partial charge in [-0.3, -0.25) is 4.98 Å². The third-order valence-corrected chi connectivity index (χ3v) is 3.01. The molecule has 0 unspecified atom stereocenters. The van der Waals surface area contributed by atoms with Crippen molar-refractivity contribution in [2.45, 2.75) is 46.0 Å². The molecule has 90 valence electrons. The van der Waals surface area contributed by atoms with E-state index >= 15 is 0 Å². The number of aryl methyl sites for hydroxylation is 1. The average Bonchev–Trinajstić information content (AvgIpc) is 2.42. The molecule has 1 aromatic rings. The van der Waals surface area contributed by atoms with Gasteiger partial charge in [0.25, 0.3) is 0 Å². The lowest BCUT2D eigenvalue weighted by molar-refractivity contribution is 0.453. The highest BCUT2D eigenvalue weighted by Gasteiger charge is 2.15. The molecule has 2 heteroatoms. The molecule has 1 aromatic heterocycles. The van der Waals surface area contributed by atoms with E-state index in [1.54, 1.807) is 0 Å². The summed E-state index contributed by atoms with van der Waals surface area (Å²) in [5, 5.41) is 3.38. The van der Waals surface area contributed by atoms with Crippen LogP contribution in [0.3, 0.4) is 0 Å². The van der Waals surface area contributed by atoms with Gasteiger partial charge in [-0.2, -0.15) is 0 Å². The van der Waals surface area contributed by atoms with Gasteiger partial charge in [0.1, 0.15) is 0 Å². The van der Waals surface area contributed by atoms with Crippen LogP contribution in [0.2, 0.25) is 0 Å². The molecular weight excluding hydrogens is 196 g/mol. The Morgan fingerprint density at radius 2 is 1.94 bits per heavy atom. The highest BCUT2D eigenvalue weighted by atomic mass is 14.9. The second kappa shape index (κ2) is 7.39. The molecule has 16 heavy (non-hydrogen) atoms. The molecule has 2 heterocycles. The molecule has 1 fully saturated rings. The second-order valence-corrected chi connectivity index (χ2v) is 3.97. The lowest BCUT2D eigenvalue weighted by Crippen LogP contribution is -2.27. The van der Waals surface area contributed by atoms with Crippen LogP contribution in [0.25, 0.3) is 0 Å². The van der Waals surface area contributed by atoms with E-state index in [1.165, 1.54) is 24.1 Å². The minimum atomic E-state index is 0.683. The van der Waals surface area contributed by atoms with Crippen molar-refractivity contribution in [1.29, 1.82) is 0 Å². The molecule has 0 radical (unpaired) electrons. The minimum absolute atomic E-state index is 0.683. The molecule has 2 rings (SSSR count). The fraction of sp³-hybridized carbons (Fsp3) is 0.643. The zero-order valence-electron chi connectivity index (χ0n) is 10.8. The van der Waals surface area contributed by atoms with Crippen LogP contribution in [0, 0.1) is 0 Å². The summed E-state index contributed by atoms with van der Waals surface area (Å²) in [4.78, 5) is 4.55. The fourth-order valence-corrected chi connectivity index (χ4v) is 2.00. The SMILES string of the molecule is CC.CCc1ccc(C2CCNCC2)nc1. The third-order valence-electron chi connectivity index (χ3n) is 3.01. The molecule has 0 amide bonds. The third kappa shape index (κ3) is 3.60. The Bertz CT molecular complexity index is 273. The molecule has 0 aliphatic carbocycles. The van der Waals surface area contributed by atoms with Crippen molar-refractivity contribution >= 4 is 0 Å². The highest BCUT2D eigenvalue weighted by molar-refractivity contribution is 5.17. The normalized spacial score (nSPS) is 16.4. The van der Waals surface area contributed by atoms with Crippen LogP contribution in [0.1, 0.15) is 50.8 Å². The van der Waals surface area contributed by atoms with Crippen molar-refractivity contribution in [1.82, 2.24) is 10.3 Å². The van der Waals surface area contributed by atoms with E-state index in [4.69, 9.17) is 0 Å². The minimum Gasteiger partial charge on any atom is -0.317 e. The smallest absolute Gasteiger partial charge is 0.0435 e. The van der Waals surface area contributed by atoms with Gasteiger partial charge < -0.3 is 5.32 Å². The van der Waals surface area contributed by atoms with Crippen molar-refractivity contribution in [2.75, 3.05) is 13.1 Å². The summed E-state index contributed by atoms with van der Waals surface area (Å²) < 4.78 is 0. The summed E-state index contributed by atoms with van der Waals surface area (Å²) in [5.74, 6) is 0.683. The molecule has 0 spiro atoms. The molecule has 1 aliphatic rings. The van der Waals surface area contributed by atoms with Gasteiger partial charge in [-0.05, 0) is 44.0 Å². The number of aromatic nitrogens is 1. The summed E-state index contributed by atoms with van der Waals surface area (Å²) in [6.45, 7) is 8.45. The van der Waals surface area contributed by atoms with Gasteiger partial charge in [0.2, 0.25) is 0 Å². The molecule has 2 nitrogen and oxygen atoms in total. The van der Waals surface area contributed by atoms with Gasteiger partial charge in [0.05, 0.1) is 0 Å². The van der Waals surface area contributed by atoms with Gasteiger partial charge in [0.15, 0.2) is 0 Å². The van der Waals surface area contributed by atoms with Crippen LogP contribution >= 0.6 is 0 Å². The van der Waals surface area contributed by atoms with Gasteiger partial charge in [-0.1, -0.05) is 26.8 Å². The fourth-order valence-electron chi connectivity index (χ4n) is 2.00. The first kappa shape index (κ1) is 13.2. The number of nitrogens with zero attached hydrogens (tertiary/aromatic N) is 1. The Balaban J connectivity index is 0.000000606. The molecule has 1 aliphatic heterocycles. The maximum atomic E-state index is 4.55. The maximum absolute atomic E-state index is 4.55. The predicted molar refractivity (Wildman–Crippen MR) is 69.8 cm³/mol. The summed E-state index contributed by atoms with van der Waals surface area (Å²) in [7, 11) is 0. The summed E-state index contributed by atoms with van der Waals surface area (Å²) in [6, 6.07) is 4.42. The van der Waals surface area contributed by atoms with Crippen molar-refractivity contribution in [3.05, 3.63) is 29.6 Å². The van der Waals surface area contributed by atoms with Crippen molar-refractivity contribution in [3.8, 4) is 0 Å². The van der Waals surface area contributed by atoms with Crippen molar-refractivity contribution < 1.29 is 0 Å². The molecular formula is C14H24N2. The topological polar surface area (TPSA) is 24.9 Å². The summed E-state index contributed by atoms with van der Waals surface area (Å²) in [6.07, 6.45) is 5.58. The number of hydrogen-bond donors (Lipinski definition) is 1. The summed E-state index contributed by atoms with van der Waals surface area (Å²) >= 11 is 0. The van der Waals surface area contributed by atoms with E-state index in [1.807, 2.05) is 20.0 Å². The van der Waals surface area contributed by atoms with Crippen LogP contribution in [0.5, 0.6) is 0 Å². The zero-order valence-corrected chi connectivity index (χ0v) is 10.8. The average molecular weight is 220 g/mol. The first-order valence-corrected chi connectivity index (χ1v) is 6.55. The van der Waals surface area contributed by atoms with E-state index in [9.17, 15) is 0 Å². The van der Waals surface area contributed by atoms with E-state index < -0.39 is 0 Å². The first-order valence-electron chi connectivity index (χ1n) is 6.55. The van der Waals surface area contributed by atoms with Crippen LogP contribution < -0.4 is 5.32 Å². The van der Waals surface area contributed by atoms with Gasteiger partial charge in [-0.15, -0.1) is 0 Å².